The number of amides is 1. The molecule has 0 radical (unpaired) electrons. The third-order valence-corrected chi connectivity index (χ3v) is 5.04. The SMILES string of the molecule is CCOCn1cc(NC(=O)c2cc(-c3c(C)nn(C)c3C)nc3ccccc23)cn1. The molecule has 1 N–H and O–H groups in total. The lowest BCUT2D eigenvalue weighted by Crippen LogP contribution is -2.13. The number of nitrogens with one attached hydrogen (secondary N) is 1. The number of hydrogen-bond donors (Lipinski definition) is 1. The maximum absolute atomic E-state index is 13.2. The van der Waals surface area contributed by atoms with Gasteiger partial charge in [-0.1, -0.05) is 18.2 Å². The van der Waals surface area contributed by atoms with Gasteiger partial charge in [0, 0.05) is 30.3 Å². The molecule has 0 aliphatic rings. The highest BCUT2D eigenvalue weighted by Crippen LogP contribution is 2.29. The number of rotatable bonds is 6. The Morgan fingerprint density at radius 3 is 2.77 bits per heavy atom. The number of hydrogen-bond acceptors (Lipinski definition) is 5. The van der Waals surface area contributed by atoms with E-state index in [9.17, 15) is 4.79 Å². The van der Waals surface area contributed by atoms with Crippen molar-refractivity contribution in [2.24, 2.45) is 7.05 Å². The molecule has 0 atom stereocenters. The maximum atomic E-state index is 13.2. The number of para-hydroxylation sites is 1. The van der Waals surface area contributed by atoms with Crippen LogP contribution < -0.4 is 5.32 Å². The minimum Gasteiger partial charge on any atom is -0.360 e. The van der Waals surface area contributed by atoms with Gasteiger partial charge in [-0.05, 0) is 32.9 Å². The van der Waals surface area contributed by atoms with Crippen molar-refractivity contribution in [2.75, 3.05) is 11.9 Å². The van der Waals surface area contributed by atoms with E-state index in [4.69, 9.17) is 9.72 Å². The fourth-order valence-corrected chi connectivity index (χ4v) is 3.52. The molecule has 0 saturated carbocycles. The Morgan fingerprint density at radius 1 is 1.23 bits per heavy atom. The van der Waals surface area contributed by atoms with Gasteiger partial charge in [0.1, 0.15) is 6.73 Å². The van der Waals surface area contributed by atoms with E-state index in [1.165, 1.54) is 0 Å². The summed E-state index contributed by atoms with van der Waals surface area (Å²) in [5.41, 5.74) is 5.47. The largest absolute Gasteiger partial charge is 0.360 e. The van der Waals surface area contributed by atoms with Crippen LogP contribution in [0.25, 0.3) is 22.2 Å². The quantitative estimate of drug-likeness (QED) is 0.530. The molecule has 4 rings (SSSR count). The van der Waals surface area contributed by atoms with E-state index in [1.807, 2.05) is 62.8 Å². The number of anilines is 1. The number of aromatic nitrogens is 5. The van der Waals surface area contributed by atoms with Crippen LogP contribution in [0.1, 0.15) is 28.7 Å². The smallest absolute Gasteiger partial charge is 0.256 e. The van der Waals surface area contributed by atoms with Gasteiger partial charge in [-0.15, -0.1) is 0 Å². The van der Waals surface area contributed by atoms with Crippen molar-refractivity contribution in [3.05, 3.63) is 59.7 Å². The maximum Gasteiger partial charge on any atom is 0.256 e. The molecule has 4 aromatic rings. The van der Waals surface area contributed by atoms with Crippen LogP contribution in [-0.4, -0.2) is 37.1 Å². The first-order chi connectivity index (χ1) is 14.5. The van der Waals surface area contributed by atoms with Crippen molar-refractivity contribution < 1.29 is 9.53 Å². The highest BCUT2D eigenvalue weighted by Gasteiger charge is 2.18. The summed E-state index contributed by atoms with van der Waals surface area (Å²) in [7, 11) is 1.90. The minimum atomic E-state index is -0.218. The monoisotopic (exact) mass is 404 g/mol. The van der Waals surface area contributed by atoms with E-state index in [0.717, 1.165) is 33.5 Å². The fourth-order valence-electron chi connectivity index (χ4n) is 3.52. The van der Waals surface area contributed by atoms with Crippen LogP contribution in [0.15, 0.2) is 42.7 Å². The Kier molecular flexibility index (Phi) is 5.33. The molecule has 8 nitrogen and oxygen atoms in total. The fraction of sp³-hybridized carbons (Fsp3) is 0.273. The minimum absolute atomic E-state index is 0.218. The molecular weight excluding hydrogens is 380 g/mol. The highest BCUT2D eigenvalue weighted by molar-refractivity contribution is 6.13. The summed E-state index contributed by atoms with van der Waals surface area (Å²) < 4.78 is 8.80. The number of benzene rings is 1. The summed E-state index contributed by atoms with van der Waals surface area (Å²) in [5.74, 6) is -0.218. The number of carbonyl (C=O) groups is 1. The molecule has 1 amide bonds. The topological polar surface area (TPSA) is 86.9 Å². The van der Waals surface area contributed by atoms with Gasteiger partial charge in [-0.3, -0.25) is 9.48 Å². The van der Waals surface area contributed by atoms with Gasteiger partial charge in [-0.25, -0.2) is 9.67 Å². The van der Waals surface area contributed by atoms with Crippen molar-refractivity contribution in [1.82, 2.24) is 24.5 Å². The Morgan fingerprint density at radius 2 is 2.03 bits per heavy atom. The predicted octanol–water partition coefficient (Wildman–Crippen LogP) is 3.69. The third kappa shape index (κ3) is 3.69. The standard InChI is InChI=1S/C22H24N6O2/c1-5-30-13-28-12-16(11-23-28)24-22(29)18-10-20(21-14(2)26-27(4)15(21)3)25-19-9-7-6-8-17(18)19/h6-12H,5,13H2,1-4H3,(H,24,29). The number of aryl methyl sites for hydroxylation is 2. The normalized spacial score (nSPS) is 11.2. The van der Waals surface area contributed by atoms with Gasteiger partial charge >= 0.3 is 0 Å². The zero-order valence-electron chi connectivity index (χ0n) is 17.5. The summed E-state index contributed by atoms with van der Waals surface area (Å²) in [6, 6.07) is 9.47. The Hall–Kier alpha value is -3.52. The van der Waals surface area contributed by atoms with Crippen LogP contribution in [0.4, 0.5) is 5.69 Å². The van der Waals surface area contributed by atoms with E-state index in [0.29, 0.717) is 24.6 Å². The lowest BCUT2D eigenvalue weighted by atomic mass is 10.0. The molecule has 3 heterocycles. The second kappa shape index (κ2) is 8.08. The predicted molar refractivity (Wildman–Crippen MR) is 115 cm³/mol. The Bertz CT molecular complexity index is 1220. The number of pyridine rings is 1. The molecule has 0 bridgehead atoms. The summed E-state index contributed by atoms with van der Waals surface area (Å²) in [6.07, 6.45) is 3.35. The highest BCUT2D eigenvalue weighted by atomic mass is 16.5. The van der Waals surface area contributed by atoms with Crippen LogP contribution in [0.3, 0.4) is 0 Å². The van der Waals surface area contributed by atoms with Crippen molar-refractivity contribution in [3.63, 3.8) is 0 Å². The van der Waals surface area contributed by atoms with Crippen molar-refractivity contribution in [3.8, 4) is 11.3 Å². The first kappa shape index (κ1) is 19.8. The van der Waals surface area contributed by atoms with Crippen LogP contribution in [0.5, 0.6) is 0 Å². The van der Waals surface area contributed by atoms with E-state index in [-0.39, 0.29) is 5.91 Å². The molecule has 0 unspecified atom stereocenters. The zero-order chi connectivity index (χ0) is 21.3. The van der Waals surface area contributed by atoms with Gasteiger partial charge in [0.15, 0.2) is 0 Å². The molecule has 154 valence electrons. The number of ether oxygens (including phenoxy) is 1. The number of carbonyl (C=O) groups excluding carboxylic acids is 1. The third-order valence-electron chi connectivity index (χ3n) is 5.04. The summed E-state index contributed by atoms with van der Waals surface area (Å²) in [5, 5.41) is 12.4. The van der Waals surface area contributed by atoms with E-state index in [2.05, 4.69) is 15.5 Å². The van der Waals surface area contributed by atoms with Crippen LogP contribution in [0.2, 0.25) is 0 Å². The van der Waals surface area contributed by atoms with Crippen LogP contribution in [0, 0.1) is 13.8 Å². The van der Waals surface area contributed by atoms with Crippen molar-refractivity contribution >= 4 is 22.5 Å². The Labute approximate surface area is 174 Å². The van der Waals surface area contributed by atoms with Crippen LogP contribution in [-0.2, 0) is 18.5 Å². The lowest BCUT2D eigenvalue weighted by molar-refractivity contribution is 0.0792. The van der Waals surface area contributed by atoms with E-state index >= 15 is 0 Å². The Balaban J connectivity index is 1.74. The molecule has 8 heteroatoms. The molecule has 3 aromatic heterocycles. The molecular formula is C22H24N6O2. The average molecular weight is 404 g/mol. The van der Waals surface area contributed by atoms with Gasteiger partial charge in [-0.2, -0.15) is 10.2 Å². The zero-order valence-corrected chi connectivity index (χ0v) is 17.5. The van der Waals surface area contributed by atoms with Crippen molar-refractivity contribution in [2.45, 2.75) is 27.5 Å². The summed E-state index contributed by atoms with van der Waals surface area (Å²) >= 11 is 0. The number of nitrogens with zero attached hydrogens (tertiary/aromatic N) is 5. The average Bonchev–Trinajstić information content (AvgIpc) is 3.28. The number of fused-ring (bicyclic) bond motifs is 1. The summed E-state index contributed by atoms with van der Waals surface area (Å²) in [4.78, 5) is 18.0. The molecule has 30 heavy (non-hydrogen) atoms. The van der Waals surface area contributed by atoms with Gasteiger partial charge in [0.25, 0.3) is 5.91 Å². The molecule has 0 fully saturated rings. The first-order valence-corrected chi connectivity index (χ1v) is 9.79. The van der Waals surface area contributed by atoms with Gasteiger partial charge in [0.05, 0.1) is 40.5 Å². The summed E-state index contributed by atoms with van der Waals surface area (Å²) in [6.45, 7) is 6.81. The first-order valence-electron chi connectivity index (χ1n) is 9.79. The van der Waals surface area contributed by atoms with Crippen molar-refractivity contribution in [1.29, 1.82) is 0 Å². The van der Waals surface area contributed by atoms with Crippen LogP contribution >= 0.6 is 0 Å². The molecule has 0 spiro atoms. The van der Waals surface area contributed by atoms with E-state index in [1.54, 1.807) is 17.1 Å². The second-order valence-corrected chi connectivity index (χ2v) is 7.09. The molecule has 1 aromatic carbocycles. The molecule has 0 saturated heterocycles. The lowest BCUT2D eigenvalue weighted by Gasteiger charge is -2.10. The molecule has 0 aliphatic carbocycles. The molecule has 0 aliphatic heterocycles. The van der Waals surface area contributed by atoms with Gasteiger partial charge in [0.2, 0.25) is 0 Å². The second-order valence-electron chi connectivity index (χ2n) is 7.09. The van der Waals surface area contributed by atoms with E-state index < -0.39 is 0 Å². The van der Waals surface area contributed by atoms with Gasteiger partial charge < -0.3 is 10.1 Å².